The fraction of sp³-hybridized carbons (Fsp3) is 0.714. The van der Waals surface area contributed by atoms with E-state index in [1.807, 2.05) is 0 Å². The van der Waals surface area contributed by atoms with E-state index in [0.717, 1.165) is 23.7 Å². The molecule has 140 valence electrons. The van der Waals surface area contributed by atoms with Gasteiger partial charge in [0.25, 0.3) is 0 Å². The second-order valence-corrected chi connectivity index (χ2v) is 7.96. The molecule has 0 spiro atoms. The quantitative estimate of drug-likeness (QED) is 0.692. The van der Waals surface area contributed by atoms with Gasteiger partial charge in [-0.15, -0.1) is 0 Å². The molecule has 4 nitrogen and oxygen atoms in total. The van der Waals surface area contributed by atoms with Gasteiger partial charge in [0.2, 0.25) is 0 Å². The fourth-order valence-corrected chi connectivity index (χ4v) is 4.12. The summed E-state index contributed by atoms with van der Waals surface area (Å²) in [7, 11) is 0. The predicted octanol–water partition coefficient (Wildman–Crippen LogP) is 4.91. The second-order valence-electron chi connectivity index (χ2n) is 7.96. The molecule has 0 aromatic rings. The molecule has 4 rings (SSSR count). The van der Waals surface area contributed by atoms with Crippen LogP contribution in [0, 0.1) is 29.6 Å². The highest BCUT2D eigenvalue weighted by Crippen LogP contribution is 2.38. The summed E-state index contributed by atoms with van der Waals surface area (Å²) in [6, 6.07) is 0. The Morgan fingerprint density at radius 2 is 1.28 bits per heavy atom. The van der Waals surface area contributed by atoms with Crippen LogP contribution in [-0.2, 0) is 9.59 Å². The van der Waals surface area contributed by atoms with Crippen molar-refractivity contribution >= 4 is 11.9 Å². The molecule has 4 aliphatic carbocycles. The van der Waals surface area contributed by atoms with Crippen molar-refractivity contribution in [3.63, 3.8) is 0 Å². The Labute approximate surface area is 151 Å². The molecule has 0 heterocycles. The largest absolute Gasteiger partial charge is 0.481 e. The van der Waals surface area contributed by atoms with E-state index in [1.54, 1.807) is 6.92 Å². The Hall–Kier alpha value is -1.58. The molecule has 0 aromatic heterocycles. The van der Waals surface area contributed by atoms with Crippen LogP contribution in [0.5, 0.6) is 0 Å². The lowest BCUT2D eigenvalue weighted by Crippen LogP contribution is -2.09. The molecule has 0 aliphatic heterocycles. The van der Waals surface area contributed by atoms with Crippen molar-refractivity contribution in [3.8, 4) is 0 Å². The summed E-state index contributed by atoms with van der Waals surface area (Å²) in [5, 5.41) is 16.6. The standard InChI is InChI=1S/C7H12O4.2C7H10/c1-5(7(10)11)3-2-4-6(8)9;2*1-2-7-4-3-6(1)5-7/h5H,2-4H2,1H3,(H,8,9)(H,10,11);2*1-2,6-7H,3-5H2. The first-order chi connectivity index (χ1) is 11.9. The average molecular weight is 348 g/mol. The van der Waals surface area contributed by atoms with Gasteiger partial charge < -0.3 is 10.2 Å². The summed E-state index contributed by atoms with van der Waals surface area (Å²) < 4.78 is 0. The Bertz CT molecular complexity index is 456. The van der Waals surface area contributed by atoms with E-state index in [4.69, 9.17) is 10.2 Å². The van der Waals surface area contributed by atoms with E-state index in [0.29, 0.717) is 12.8 Å². The molecule has 4 aliphatic rings. The minimum absolute atomic E-state index is 0.0532. The van der Waals surface area contributed by atoms with Gasteiger partial charge in [-0.1, -0.05) is 31.2 Å². The SMILES string of the molecule is C1=CC2CCC1C2.C1=CC2CCC1C2.CC(CCCC(=O)O)C(=O)O. The Morgan fingerprint density at radius 1 is 0.880 bits per heavy atom. The van der Waals surface area contributed by atoms with Crippen molar-refractivity contribution in [2.75, 3.05) is 0 Å². The lowest BCUT2D eigenvalue weighted by molar-refractivity contribution is -0.142. The van der Waals surface area contributed by atoms with Crippen LogP contribution in [0.4, 0.5) is 0 Å². The molecule has 4 bridgehead atoms. The lowest BCUT2D eigenvalue weighted by atomic mass is 10.1. The summed E-state index contributed by atoms with van der Waals surface area (Å²) in [4.78, 5) is 20.2. The average Bonchev–Trinajstić information content (AvgIpc) is 3.37. The number of carbonyl (C=O) groups is 2. The summed E-state index contributed by atoms with van der Waals surface area (Å²) in [5.74, 6) is 1.79. The van der Waals surface area contributed by atoms with Crippen LogP contribution < -0.4 is 0 Å². The number of hydrogen-bond donors (Lipinski definition) is 2. The molecule has 0 aromatic carbocycles. The molecule has 2 N–H and O–H groups in total. The molecule has 5 atom stereocenters. The number of fused-ring (bicyclic) bond motifs is 4. The van der Waals surface area contributed by atoms with Gasteiger partial charge in [0.15, 0.2) is 0 Å². The Balaban J connectivity index is 0.000000139. The minimum Gasteiger partial charge on any atom is -0.481 e. The summed E-state index contributed by atoms with van der Waals surface area (Å²) in [6.45, 7) is 1.57. The highest BCUT2D eigenvalue weighted by molar-refractivity contribution is 5.69. The van der Waals surface area contributed by atoms with Crippen molar-refractivity contribution in [2.24, 2.45) is 29.6 Å². The molecule has 0 saturated heterocycles. The Morgan fingerprint density at radius 3 is 1.48 bits per heavy atom. The number of carboxylic acids is 2. The third-order valence-electron chi connectivity index (χ3n) is 5.79. The smallest absolute Gasteiger partial charge is 0.306 e. The van der Waals surface area contributed by atoms with Gasteiger partial charge in [-0.25, -0.2) is 0 Å². The minimum atomic E-state index is -0.873. The molecular formula is C21H32O4. The molecule has 4 heteroatoms. The molecule has 25 heavy (non-hydrogen) atoms. The zero-order valence-electron chi connectivity index (χ0n) is 15.3. The van der Waals surface area contributed by atoms with Gasteiger partial charge in [-0.2, -0.15) is 0 Å². The second kappa shape index (κ2) is 9.79. The third kappa shape index (κ3) is 7.05. The van der Waals surface area contributed by atoms with Crippen molar-refractivity contribution < 1.29 is 19.8 Å². The van der Waals surface area contributed by atoms with Gasteiger partial charge in [0.1, 0.15) is 0 Å². The molecule has 0 amide bonds. The van der Waals surface area contributed by atoms with Crippen LogP contribution in [0.1, 0.15) is 64.7 Å². The fourth-order valence-electron chi connectivity index (χ4n) is 4.12. The van der Waals surface area contributed by atoms with Gasteiger partial charge in [-0.3, -0.25) is 9.59 Å². The predicted molar refractivity (Wildman–Crippen MR) is 98.2 cm³/mol. The van der Waals surface area contributed by atoms with Crippen LogP contribution in [0.15, 0.2) is 24.3 Å². The first-order valence-electron chi connectivity index (χ1n) is 9.75. The zero-order chi connectivity index (χ0) is 18.2. The van der Waals surface area contributed by atoms with Gasteiger partial charge in [0.05, 0.1) is 5.92 Å². The van der Waals surface area contributed by atoms with E-state index in [-0.39, 0.29) is 6.42 Å². The number of carboxylic acid groups (broad SMARTS) is 2. The molecular weight excluding hydrogens is 316 g/mol. The van der Waals surface area contributed by atoms with E-state index in [2.05, 4.69) is 24.3 Å². The normalized spacial score (nSPS) is 31.1. The maximum atomic E-state index is 10.2. The van der Waals surface area contributed by atoms with Crippen LogP contribution in [0.25, 0.3) is 0 Å². The first kappa shape index (κ1) is 19.7. The molecule has 2 fully saturated rings. The van der Waals surface area contributed by atoms with Crippen molar-refractivity contribution in [3.05, 3.63) is 24.3 Å². The highest BCUT2D eigenvalue weighted by Gasteiger charge is 2.26. The number of rotatable bonds is 5. The summed E-state index contributed by atoms with van der Waals surface area (Å²) in [6.07, 6.45) is 19.3. The first-order valence-corrected chi connectivity index (χ1v) is 9.75. The summed E-state index contributed by atoms with van der Waals surface area (Å²) in [5.41, 5.74) is 0. The van der Waals surface area contributed by atoms with E-state index in [9.17, 15) is 9.59 Å². The maximum absolute atomic E-state index is 10.2. The van der Waals surface area contributed by atoms with E-state index < -0.39 is 17.9 Å². The van der Waals surface area contributed by atoms with Crippen LogP contribution in [0.2, 0.25) is 0 Å². The third-order valence-corrected chi connectivity index (χ3v) is 5.79. The zero-order valence-corrected chi connectivity index (χ0v) is 15.3. The molecule has 5 unspecified atom stereocenters. The van der Waals surface area contributed by atoms with Crippen molar-refractivity contribution in [1.82, 2.24) is 0 Å². The van der Waals surface area contributed by atoms with Crippen LogP contribution in [0.3, 0.4) is 0 Å². The topological polar surface area (TPSA) is 74.6 Å². The maximum Gasteiger partial charge on any atom is 0.306 e. The lowest BCUT2D eigenvalue weighted by Gasteiger charge is -2.02. The number of hydrogen-bond acceptors (Lipinski definition) is 2. The van der Waals surface area contributed by atoms with Crippen LogP contribution in [-0.4, -0.2) is 22.2 Å². The summed E-state index contributed by atoms with van der Waals surface area (Å²) >= 11 is 0. The van der Waals surface area contributed by atoms with E-state index in [1.165, 1.54) is 38.5 Å². The van der Waals surface area contributed by atoms with Gasteiger partial charge in [0, 0.05) is 6.42 Å². The highest BCUT2D eigenvalue weighted by atomic mass is 16.4. The van der Waals surface area contributed by atoms with Gasteiger partial charge in [-0.05, 0) is 75.0 Å². The van der Waals surface area contributed by atoms with E-state index >= 15 is 0 Å². The van der Waals surface area contributed by atoms with Crippen molar-refractivity contribution in [1.29, 1.82) is 0 Å². The molecule has 2 saturated carbocycles. The number of aliphatic carboxylic acids is 2. The van der Waals surface area contributed by atoms with Gasteiger partial charge >= 0.3 is 11.9 Å². The monoisotopic (exact) mass is 348 g/mol. The Kier molecular flexibility index (Phi) is 7.73. The van der Waals surface area contributed by atoms with Crippen LogP contribution >= 0.6 is 0 Å². The molecule has 0 radical (unpaired) electrons. The van der Waals surface area contributed by atoms with Crippen molar-refractivity contribution in [2.45, 2.75) is 64.7 Å². The number of allylic oxidation sites excluding steroid dienone is 4.